The summed E-state index contributed by atoms with van der Waals surface area (Å²) < 4.78 is 0. The third-order valence-electron chi connectivity index (χ3n) is 17.5. The van der Waals surface area contributed by atoms with Crippen LogP contribution in [0, 0.1) is 35.5 Å². The molecule has 292 valence electrons. The van der Waals surface area contributed by atoms with Gasteiger partial charge in [-0.1, -0.05) is 140 Å². The van der Waals surface area contributed by atoms with Crippen LogP contribution in [0.2, 0.25) is 0 Å². The Labute approximate surface area is 355 Å². The monoisotopic (exact) mass is 773 g/mol. The molecule has 3 atom stereocenters. The summed E-state index contributed by atoms with van der Waals surface area (Å²) in [6.45, 7) is 0. The third kappa shape index (κ3) is 4.49. The maximum absolute atomic E-state index is 2.61. The molecule has 6 fully saturated rings. The Morgan fingerprint density at radius 3 is 1.57 bits per heavy atom. The molecule has 7 aromatic carbocycles. The quantitative estimate of drug-likeness (QED) is 0.168. The van der Waals surface area contributed by atoms with Gasteiger partial charge in [-0.05, 0) is 178 Å². The van der Waals surface area contributed by atoms with Crippen LogP contribution in [0.25, 0.3) is 44.5 Å². The molecule has 6 bridgehead atoms. The van der Waals surface area contributed by atoms with Crippen molar-refractivity contribution in [1.29, 1.82) is 0 Å². The molecule has 0 N–H and O–H groups in total. The maximum atomic E-state index is 2.61. The zero-order chi connectivity index (χ0) is 39.2. The zero-order valence-electron chi connectivity index (χ0n) is 34.4. The predicted molar refractivity (Wildman–Crippen MR) is 247 cm³/mol. The second kappa shape index (κ2) is 12.4. The second-order valence-corrected chi connectivity index (χ2v) is 20.1. The van der Waals surface area contributed by atoms with Crippen LogP contribution in [-0.4, -0.2) is 0 Å². The lowest BCUT2D eigenvalue weighted by molar-refractivity contribution is -0.0399. The van der Waals surface area contributed by atoms with E-state index in [4.69, 9.17) is 0 Å². The molecule has 7 aromatic rings. The van der Waals surface area contributed by atoms with Gasteiger partial charge in [0.05, 0.1) is 5.69 Å². The van der Waals surface area contributed by atoms with E-state index >= 15 is 0 Å². The highest BCUT2D eigenvalue weighted by atomic mass is 15.1. The molecule has 3 unspecified atom stereocenters. The molecule has 0 aromatic heterocycles. The molecule has 0 saturated heterocycles. The van der Waals surface area contributed by atoms with Crippen LogP contribution >= 0.6 is 0 Å². The van der Waals surface area contributed by atoms with Crippen LogP contribution in [0.3, 0.4) is 0 Å². The Morgan fingerprint density at radius 1 is 0.367 bits per heavy atom. The summed E-state index contributed by atoms with van der Waals surface area (Å²) in [6, 6.07) is 63.5. The first-order valence-corrected chi connectivity index (χ1v) is 23.2. The van der Waals surface area contributed by atoms with Gasteiger partial charge in [-0.3, -0.25) is 0 Å². The number of nitrogens with zero attached hydrogens (tertiary/aromatic N) is 1. The average molecular weight is 774 g/mol. The van der Waals surface area contributed by atoms with Gasteiger partial charge in [0, 0.05) is 27.8 Å². The van der Waals surface area contributed by atoms with Gasteiger partial charge in [0.2, 0.25) is 0 Å². The fraction of sp³-hybridized carbons (Fsp3) is 0.288. The number of rotatable bonds is 5. The van der Waals surface area contributed by atoms with E-state index in [1.807, 2.05) is 0 Å². The minimum absolute atomic E-state index is 0.160. The largest absolute Gasteiger partial charge is 0.310 e. The van der Waals surface area contributed by atoms with Crippen molar-refractivity contribution in [2.45, 2.75) is 68.6 Å². The van der Waals surface area contributed by atoms with E-state index in [1.54, 1.807) is 22.3 Å². The molecule has 1 heteroatoms. The number of hydrogen-bond donors (Lipinski definition) is 0. The summed E-state index contributed by atoms with van der Waals surface area (Å²) in [7, 11) is 0. The SMILES string of the molecule is c1ccc(-c2ccc(-c3ccccc3N(c3ccc4c(c3)-c3ccccc3C43CC4CCC3C4)c3ccc4c(c3)-c3ccccc3C43C4CC5CC(C4)CC3C5)cc2)cc1. The van der Waals surface area contributed by atoms with Crippen molar-refractivity contribution in [3.8, 4) is 44.5 Å². The molecule has 0 aliphatic heterocycles. The van der Waals surface area contributed by atoms with Crippen molar-refractivity contribution in [3.05, 3.63) is 186 Å². The number of anilines is 3. The van der Waals surface area contributed by atoms with Crippen molar-refractivity contribution in [1.82, 2.24) is 0 Å². The van der Waals surface area contributed by atoms with E-state index < -0.39 is 0 Å². The molecular weight excluding hydrogens is 723 g/mol. The van der Waals surface area contributed by atoms with Crippen molar-refractivity contribution < 1.29 is 0 Å². The zero-order valence-corrected chi connectivity index (χ0v) is 34.4. The molecule has 0 heterocycles. The Balaban J connectivity index is 0.966. The van der Waals surface area contributed by atoms with Gasteiger partial charge in [-0.25, -0.2) is 0 Å². The Kier molecular flexibility index (Phi) is 7.07. The van der Waals surface area contributed by atoms with Crippen LogP contribution in [-0.2, 0) is 10.8 Å². The molecule has 2 spiro atoms. The van der Waals surface area contributed by atoms with Crippen LogP contribution in [0.15, 0.2) is 164 Å². The molecule has 0 amide bonds. The van der Waals surface area contributed by atoms with Crippen LogP contribution in [0.5, 0.6) is 0 Å². The molecule has 1 nitrogen and oxygen atoms in total. The predicted octanol–water partition coefficient (Wildman–Crippen LogP) is 15.3. The fourth-order valence-electron chi connectivity index (χ4n) is 15.6. The van der Waals surface area contributed by atoms with E-state index in [1.165, 1.54) is 119 Å². The highest BCUT2D eigenvalue weighted by Gasteiger charge is 2.62. The number of fused-ring (bicyclic) bond motifs is 11. The van der Waals surface area contributed by atoms with E-state index in [9.17, 15) is 0 Å². The first-order chi connectivity index (χ1) is 29.7. The third-order valence-corrected chi connectivity index (χ3v) is 17.5. The van der Waals surface area contributed by atoms with Gasteiger partial charge in [0.15, 0.2) is 0 Å². The van der Waals surface area contributed by atoms with Crippen molar-refractivity contribution in [2.75, 3.05) is 4.90 Å². The van der Waals surface area contributed by atoms with E-state index in [2.05, 4.69) is 169 Å². The Morgan fingerprint density at radius 2 is 0.883 bits per heavy atom. The van der Waals surface area contributed by atoms with Gasteiger partial charge in [0.1, 0.15) is 0 Å². The molecule has 0 radical (unpaired) electrons. The average Bonchev–Trinajstić information content (AvgIpc) is 4.06. The topological polar surface area (TPSA) is 3.24 Å². The lowest BCUT2D eigenvalue weighted by Crippen LogP contribution is -2.55. The van der Waals surface area contributed by atoms with Crippen molar-refractivity contribution in [3.63, 3.8) is 0 Å². The van der Waals surface area contributed by atoms with Gasteiger partial charge in [-0.15, -0.1) is 0 Å². The Bertz CT molecular complexity index is 2840. The molecule has 8 aliphatic carbocycles. The van der Waals surface area contributed by atoms with E-state index in [0.717, 1.165) is 35.5 Å². The highest BCUT2D eigenvalue weighted by Crippen LogP contribution is 2.70. The molecule has 8 aliphatic rings. The first-order valence-electron chi connectivity index (χ1n) is 23.2. The first kappa shape index (κ1) is 34.1. The van der Waals surface area contributed by atoms with Gasteiger partial charge in [-0.2, -0.15) is 0 Å². The lowest BCUT2D eigenvalue weighted by Gasteiger charge is -2.61. The molecular formula is C59H51N. The number of hydrogen-bond acceptors (Lipinski definition) is 1. The van der Waals surface area contributed by atoms with E-state index in [-0.39, 0.29) is 10.8 Å². The normalized spacial score (nSPS) is 29.2. The summed E-state index contributed by atoms with van der Waals surface area (Å²) in [6.07, 6.45) is 12.6. The summed E-state index contributed by atoms with van der Waals surface area (Å²) in [4.78, 5) is 2.61. The smallest absolute Gasteiger partial charge is 0.0540 e. The number of para-hydroxylation sites is 1. The highest BCUT2D eigenvalue weighted by molar-refractivity contribution is 5.94. The van der Waals surface area contributed by atoms with Gasteiger partial charge >= 0.3 is 0 Å². The van der Waals surface area contributed by atoms with E-state index in [0.29, 0.717) is 0 Å². The van der Waals surface area contributed by atoms with Gasteiger partial charge < -0.3 is 4.90 Å². The van der Waals surface area contributed by atoms with Crippen molar-refractivity contribution in [2.24, 2.45) is 35.5 Å². The van der Waals surface area contributed by atoms with Gasteiger partial charge in [0.25, 0.3) is 0 Å². The van der Waals surface area contributed by atoms with Crippen LogP contribution < -0.4 is 4.90 Å². The minimum Gasteiger partial charge on any atom is -0.310 e. The van der Waals surface area contributed by atoms with Crippen LogP contribution in [0.4, 0.5) is 17.1 Å². The second-order valence-electron chi connectivity index (χ2n) is 20.1. The Hall–Kier alpha value is -5.66. The molecule has 15 rings (SSSR count). The summed E-state index contributed by atoms with van der Waals surface area (Å²) in [5, 5.41) is 0. The summed E-state index contributed by atoms with van der Waals surface area (Å²) in [5.74, 6) is 5.00. The summed E-state index contributed by atoms with van der Waals surface area (Å²) in [5.41, 5.74) is 21.3. The summed E-state index contributed by atoms with van der Waals surface area (Å²) >= 11 is 0. The lowest BCUT2D eigenvalue weighted by atomic mass is 9.43. The minimum atomic E-state index is 0.160. The maximum Gasteiger partial charge on any atom is 0.0540 e. The molecule has 6 saturated carbocycles. The van der Waals surface area contributed by atoms with Crippen molar-refractivity contribution >= 4 is 17.1 Å². The number of benzene rings is 7. The fourth-order valence-corrected chi connectivity index (χ4v) is 15.6. The molecule has 60 heavy (non-hydrogen) atoms. The van der Waals surface area contributed by atoms with Crippen LogP contribution in [0.1, 0.15) is 80.0 Å². The standard InChI is InChI=1S/C59H51N/c1-2-10-40(11-3-1)41-19-21-42(22-20-41)48-12-6-9-17-57(48)60(46-24-26-54-51(34-46)49-13-4-7-15-53(49)58(54)36-37-18-23-43(58)29-37)47-25-27-56-52(35-47)50-14-5-8-16-55(50)59(56)44-30-38-28-39(32-44)33-45(59)31-38/h1-17,19-22,24-27,34-35,37-39,43-45H,18,23,28-33,36H2.